The van der Waals surface area contributed by atoms with Crippen LogP contribution in [0.25, 0.3) is 44.8 Å². The number of halogens is 4. The highest BCUT2D eigenvalue weighted by atomic mass is 79.9. The van der Waals surface area contributed by atoms with Crippen molar-refractivity contribution in [2.75, 3.05) is 0 Å². The smallest absolute Gasteiger partial charge is 0.149 e. The third kappa shape index (κ3) is 5.53. The van der Waals surface area contributed by atoms with Gasteiger partial charge in [-0.3, -0.25) is 0 Å². The summed E-state index contributed by atoms with van der Waals surface area (Å²) in [5.74, 6) is 0.965. The first-order valence-corrected chi connectivity index (χ1v) is 17.8. The number of fused-ring (bicyclic) bond motifs is 6. The largest absolute Gasteiger partial charge is 0.480 e. The number of benzene rings is 7. The van der Waals surface area contributed by atoms with Crippen LogP contribution in [0.15, 0.2) is 142 Å². The van der Waals surface area contributed by atoms with Crippen LogP contribution in [0.2, 0.25) is 0 Å². The molecule has 0 aliphatic carbocycles. The van der Waals surface area contributed by atoms with E-state index in [2.05, 4.69) is 105 Å². The number of hydrogen-bond acceptors (Lipinski definition) is 2. The molecule has 2 unspecified atom stereocenters. The Balaban J connectivity index is 1.18. The molecule has 7 aromatic carbocycles. The summed E-state index contributed by atoms with van der Waals surface area (Å²) in [6.07, 6.45) is 3.51. The van der Waals surface area contributed by atoms with Gasteiger partial charge in [0.2, 0.25) is 0 Å². The summed E-state index contributed by atoms with van der Waals surface area (Å²) in [7, 11) is 0. The van der Waals surface area contributed by atoms with Crippen LogP contribution in [0.3, 0.4) is 0 Å². The van der Waals surface area contributed by atoms with E-state index in [0.717, 1.165) is 86.5 Å². The second-order valence-corrected chi connectivity index (χ2v) is 14.4. The summed E-state index contributed by atoms with van der Waals surface area (Å²) in [5.41, 5.74) is 7.62. The summed E-state index contributed by atoms with van der Waals surface area (Å²) < 4.78 is 43.5. The summed E-state index contributed by atoms with van der Waals surface area (Å²) in [6, 6.07) is 42.0. The average Bonchev–Trinajstić information content (AvgIpc) is 3.14. The molecule has 0 amide bonds. The predicted octanol–water partition coefficient (Wildman–Crippen LogP) is 13.1. The molecule has 7 aromatic rings. The van der Waals surface area contributed by atoms with Crippen LogP contribution in [0.4, 0.5) is 8.78 Å². The van der Waals surface area contributed by atoms with E-state index in [1.807, 2.05) is 24.3 Å². The van der Waals surface area contributed by atoms with E-state index in [0.29, 0.717) is 0 Å². The van der Waals surface area contributed by atoms with Crippen molar-refractivity contribution >= 4 is 76.7 Å². The van der Waals surface area contributed by atoms with Gasteiger partial charge in [-0.25, -0.2) is 8.78 Å². The Bertz CT molecular complexity index is 2340. The summed E-state index contributed by atoms with van der Waals surface area (Å²) in [5, 5.41) is 4.37. The zero-order valence-electron chi connectivity index (χ0n) is 26.3. The number of hydrogen-bond donors (Lipinski definition) is 0. The third-order valence-electron chi connectivity index (χ3n) is 9.52. The summed E-state index contributed by atoms with van der Waals surface area (Å²) >= 11 is 7.20. The lowest BCUT2D eigenvalue weighted by Gasteiger charge is -2.30. The van der Waals surface area contributed by atoms with Crippen LogP contribution < -0.4 is 9.47 Å². The first-order valence-electron chi connectivity index (χ1n) is 16.2. The van der Waals surface area contributed by atoms with Crippen molar-refractivity contribution < 1.29 is 18.3 Å². The zero-order valence-corrected chi connectivity index (χ0v) is 29.5. The average molecular weight is 784 g/mol. The predicted molar refractivity (Wildman–Crippen MR) is 205 cm³/mol. The molecule has 2 atom stereocenters. The van der Waals surface area contributed by atoms with Gasteiger partial charge in [0.25, 0.3) is 0 Å². The van der Waals surface area contributed by atoms with Gasteiger partial charge < -0.3 is 9.47 Å². The maximum absolute atomic E-state index is 14.0. The summed E-state index contributed by atoms with van der Waals surface area (Å²) in [4.78, 5) is 0. The fourth-order valence-corrected chi connectivity index (χ4v) is 7.81. The molecule has 0 aromatic heterocycles. The monoisotopic (exact) mass is 782 g/mol. The van der Waals surface area contributed by atoms with E-state index in [-0.39, 0.29) is 11.6 Å². The van der Waals surface area contributed by atoms with Gasteiger partial charge in [0, 0.05) is 31.2 Å². The van der Waals surface area contributed by atoms with E-state index in [1.165, 1.54) is 24.3 Å². The lowest BCUT2D eigenvalue weighted by molar-refractivity contribution is 0.261. The quantitative estimate of drug-likeness (QED) is 0.177. The zero-order chi connectivity index (χ0) is 33.9. The Hall–Kier alpha value is -5.04. The maximum Gasteiger partial charge on any atom is 0.149 e. The molecular formula is C44H26Br2F2O2. The van der Waals surface area contributed by atoms with Crippen molar-refractivity contribution in [2.24, 2.45) is 0 Å². The molecule has 0 radical (unpaired) electrons. The normalized spacial score (nSPS) is 16.6. The third-order valence-corrected chi connectivity index (χ3v) is 10.5. The summed E-state index contributed by atoms with van der Waals surface area (Å²) in [6.45, 7) is 0. The van der Waals surface area contributed by atoms with E-state index >= 15 is 0 Å². The molecule has 6 heteroatoms. The standard InChI is InChI=1S/C44H26Br2F2O2/c45-31-11-17-35-29(21-31)9-19-41-39(35)23-37(43(49-41)27-5-13-33(47)14-6-27)25-1-2-26(4-3-25)38-24-40-36-18-12-32(46)22-30(36)10-20-42(40)50-44(38)28-7-15-34(48)16-8-28/h1-24,43-44H. The molecule has 2 aliphatic rings. The fourth-order valence-electron chi connectivity index (χ4n) is 7.05. The molecule has 0 bridgehead atoms. The lowest BCUT2D eigenvalue weighted by atomic mass is 9.86. The van der Waals surface area contributed by atoms with Crippen LogP contribution in [0.1, 0.15) is 45.6 Å². The van der Waals surface area contributed by atoms with Crippen LogP contribution >= 0.6 is 31.9 Å². The Morgan fingerprint density at radius 3 is 1.24 bits per heavy atom. The van der Waals surface area contributed by atoms with E-state index in [1.54, 1.807) is 24.3 Å². The van der Waals surface area contributed by atoms with Gasteiger partial charge in [-0.15, -0.1) is 0 Å². The van der Waals surface area contributed by atoms with Gasteiger partial charge in [0.1, 0.15) is 35.3 Å². The van der Waals surface area contributed by atoms with Crippen LogP contribution in [0.5, 0.6) is 11.5 Å². The van der Waals surface area contributed by atoms with Crippen LogP contribution in [-0.4, -0.2) is 0 Å². The molecule has 2 nitrogen and oxygen atoms in total. The highest BCUT2D eigenvalue weighted by Crippen LogP contribution is 2.47. The van der Waals surface area contributed by atoms with Crippen LogP contribution in [0, 0.1) is 11.6 Å². The van der Waals surface area contributed by atoms with Gasteiger partial charge in [-0.1, -0.05) is 105 Å². The van der Waals surface area contributed by atoms with Crippen molar-refractivity contribution in [3.05, 3.63) is 187 Å². The lowest BCUT2D eigenvalue weighted by Crippen LogP contribution is -2.15. The first-order chi connectivity index (χ1) is 24.4. The Labute approximate surface area is 304 Å². The second kappa shape index (κ2) is 12.4. The van der Waals surface area contributed by atoms with E-state index in [9.17, 15) is 8.78 Å². The number of rotatable bonds is 4. The van der Waals surface area contributed by atoms with Gasteiger partial charge >= 0.3 is 0 Å². The second-order valence-electron chi connectivity index (χ2n) is 12.6. The van der Waals surface area contributed by atoms with Gasteiger partial charge in [-0.05, 0) is 117 Å². The molecule has 0 saturated heterocycles. The Morgan fingerprint density at radius 2 is 0.840 bits per heavy atom. The fraction of sp³-hybridized carbons (Fsp3) is 0.0455. The molecule has 2 heterocycles. The molecule has 0 spiro atoms. The van der Waals surface area contributed by atoms with E-state index < -0.39 is 12.2 Å². The van der Waals surface area contributed by atoms with Crippen LogP contribution in [-0.2, 0) is 0 Å². The molecule has 50 heavy (non-hydrogen) atoms. The Kier molecular flexibility index (Phi) is 7.67. The molecule has 0 N–H and O–H groups in total. The minimum atomic E-state index is -0.441. The molecule has 242 valence electrons. The molecular weight excluding hydrogens is 758 g/mol. The molecule has 2 aliphatic heterocycles. The van der Waals surface area contributed by atoms with Gasteiger partial charge in [-0.2, -0.15) is 0 Å². The minimum Gasteiger partial charge on any atom is -0.480 e. The highest BCUT2D eigenvalue weighted by Gasteiger charge is 2.29. The van der Waals surface area contributed by atoms with Crippen molar-refractivity contribution in [1.29, 1.82) is 0 Å². The van der Waals surface area contributed by atoms with Gasteiger partial charge in [0.15, 0.2) is 0 Å². The SMILES string of the molecule is Fc1ccc(C2Oc3ccc4cc(Br)ccc4c3C=C2c2ccc(C3=Cc4c(ccc5cc(Br)ccc45)OC3c3ccc(F)cc3)cc2)cc1. The molecule has 0 fully saturated rings. The first kappa shape index (κ1) is 31.0. The highest BCUT2D eigenvalue weighted by molar-refractivity contribution is 9.10. The molecule has 9 rings (SSSR count). The van der Waals surface area contributed by atoms with Crippen molar-refractivity contribution in [3.63, 3.8) is 0 Å². The van der Waals surface area contributed by atoms with Crippen molar-refractivity contribution in [2.45, 2.75) is 12.2 Å². The molecule has 0 saturated carbocycles. The van der Waals surface area contributed by atoms with Gasteiger partial charge in [0.05, 0.1) is 0 Å². The topological polar surface area (TPSA) is 18.5 Å². The van der Waals surface area contributed by atoms with Crippen molar-refractivity contribution in [3.8, 4) is 11.5 Å². The van der Waals surface area contributed by atoms with Crippen molar-refractivity contribution in [1.82, 2.24) is 0 Å². The number of ether oxygens (including phenoxy) is 2. The maximum atomic E-state index is 14.0. The Morgan fingerprint density at radius 1 is 0.440 bits per heavy atom. The minimum absolute atomic E-state index is 0.294. The van der Waals surface area contributed by atoms with E-state index in [4.69, 9.17) is 9.47 Å².